The fraction of sp³-hybridized carbons (Fsp3) is 0.250. The first-order chi connectivity index (χ1) is 9.97. The Bertz CT molecular complexity index is 658. The summed E-state index contributed by atoms with van der Waals surface area (Å²) in [6.45, 7) is 1.83. The van der Waals surface area contributed by atoms with Crippen LogP contribution in [0.4, 0.5) is 4.39 Å². The van der Waals surface area contributed by atoms with Crippen LogP contribution < -0.4 is 9.47 Å². The van der Waals surface area contributed by atoms with Crippen LogP contribution in [0.25, 0.3) is 0 Å². The van der Waals surface area contributed by atoms with Crippen molar-refractivity contribution in [3.8, 4) is 11.5 Å². The Balaban J connectivity index is 2.52. The molecule has 1 atom stereocenters. The highest BCUT2D eigenvalue weighted by atomic mass is 35.5. The minimum Gasteiger partial charge on any atom is -0.493 e. The summed E-state index contributed by atoms with van der Waals surface area (Å²) in [5.74, 6) is 0.381. The Morgan fingerprint density at radius 1 is 1.05 bits per heavy atom. The first-order valence-corrected chi connectivity index (χ1v) is 6.71. The van der Waals surface area contributed by atoms with Crippen molar-refractivity contribution in [2.24, 2.45) is 0 Å². The molecule has 0 aliphatic heterocycles. The molecule has 1 N–H and O–H groups in total. The third-order valence-electron chi connectivity index (χ3n) is 3.24. The lowest BCUT2D eigenvalue weighted by Crippen LogP contribution is -2.05. The van der Waals surface area contributed by atoms with E-state index in [0.717, 1.165) is 5.56 Å². The zero-order valence-corrected chi connectivity index (χ0v) is 12.7. The van der Waals surface area contributed by atoms with Gasteiger partial charge < -0.3 is 14.6 Å². The van der Waals surface area contributed by atoms with Crippen LogP contribution >= 0.6 is 11.6 Å². The third kappa shape index (κ3) is 3.12. The molecule has 2 rings (SSSR count). The highest BCUT2D eigenvalue weighted by molar-refractivity contribution is 6.31. The monoisotopic (exact) mass is 310 g/mol. The van der Waals surface area contributed by atoms with Gasteiger partial charge >= 0.3 is 0 Å². The first-order valence-electron chi connectivity index (χ1n) is 6.33. The van der Waals surface area contributed by atoms with Gasteiger partial charge in [-0.1, -0.05) is 29.3 Å². The van der Waals surface area contributed by atoms with Gasteiger partial charge in [0.1, 0.15) is 11.9 Å². The molecule has 0 aromatic heterocycles. The summed E-state index contributed by atoms with van der Waals surface area (Å²) in [4.78, 5) is 0. The van der Waals surface area contributed by atoms with Gasteiger partial charge in [-0.3, -0.25) is 0 Å². The molecule has 3 nitrogen and oxygen atoms in total. The summed E-state index contributed by atoms with van der Waals surface area (Å²) in [6.07, 6.45) is -1.18. The Kier molecular flexibility index (Phi) is 4.70. The van der Waals surface area contributed by atoms with Gasteiger partial charge in [-0.05, 0) is 19.1 Å². The first kappa shape index (κ1) is 15.6. The number of aliphatic hydroxyl groups excluding tert-OH is 1. The Morgan fingerprint density at radius 3 is 2.29 bits per heavy atom. The van der Waals surface area contributed by atoms with E-state index >= 15 is 0 Å². The van der Waals surface area contributed by atoms with Crippen LogP contribution in [0.15, 0.2) is 30.3 Å². The van der Waals surface area contributed by atoms with E-state index in [-0.39, 0.29) is 10.6 Å². The number of ether oxygens (including phenoxy) is 2. The maximum atomic E-state index is 13.9. The molecule has 0 amide bonds. The third-order valence-corrected chi connectivity index (χ3v) is 3.57. The fourth-order valence-corrected chi connectivity index (χ4v) is 2.38. The van der Waals surface area contributed by atoms with E-state index in [1.165, 1.54) is 26.4 Å². The quantitative estimate of drug-likeness (QED) is 0.931. The molecule has 1 unspecified atom stereocenters. The lowest BCUT2D eigenvalue weighted by atomic mass is 9.99. The fourth-order valence-electron chi connectivity index (χ4n) is 2.12. The average Bonchev–Trinajstić information content (AvgIpc) is 2.48. The van der Waals surface area contributed by atoms with Crippen LogP contribution in [0.5, 0.6) is 11.5 Å². The summed E-state index contributed by atoms with van der Waals surface area (Å²) in [6, 6.07) is 7.64. The SMILES string of the molecule is COc1cc(Cl)c(C(O)c2cc(C)ccc2F)cc1OC. The predicted molar refractivity (Wildman–Crippen MR) is 79.8 cm³/mol. The number of hydrogen-bond acceptors (Lipinski definition) is 3. The van der Waals surface area contributed by atoms with E-state index in [4.69, 9.17) is 21.1 Å². The summed E-state index contributed by atoms with van der Waals surface area (Å²) in [7, 11) is 2.97. The molecule has 0 radical (unpaired) electrons. The zero-order chi connectivity index (χ0) is 15.6. The molecule has 112 valence electrons. The van der Waals surface area contributed by atoms with Crippen LogP contribution in [0.2, 0.25) is 5.02 Å². The Labute approximate surface area is 127 Å². The molecule has 0 bridgehead atoms. The van der Waals surface area contributed by atoms with Crippen LogP contribution in [0, 0.1) is 12.7 Å². The summed E-state index contributed by atoms with van der Waals surface area (Å²) >= 11 is 6.16. The van der Waals surface area contributed by atoms with E-state index in [2.05, 4.69) is 0 Å². The normalized spacial score (nSPS) is 12.1. The summed E-state index contributed by atoms with van der Waals surface area (Å²) in [5, 5.41) is 10.7. The molecule has 0 heterocycles. The predicted octanol–water partition coefficient (Wildman–Crippen LogP) is 3.89. The van der Waals surface area contributed by atoms with Crippen molar-refractivity contribution in [3.05, 3.63) is 57.9 Å². The average molecular weight is 311 g/mol. The lowest BCUT2D eigenvalue weighted by Gasteiger charge is -2.17. The van der Waals surface area contributed by atoms with Crippen molar-refractivity contribution in [2.75, 3.05) is 14.2 Å². The topological polar surface area (TPSA) is 38.7 Å². The molecule has 0 aliphatic rings. The van der Waals surface area contributed by atoms with Gasteiger partial charge in [0.2, 0.25) is 0 Å². The molecule has 0 saturated heterocycles. The number of hydrogen-bond donors (Lipinski definition) is 1. The van der Waals surface area contributed by atoms with Crippen molar-refractivity contribution in [1.29, 1.82) is 0 Å². The van der Waals surface area contributed by atoms with Gasteiger partial charge in [-0.2, -0.15) is 0 Å². The number of aryl methyl sites for hydroxylation is 1. The highest BCUT2D eigenvalue weighted by Crippen LogP contribution is 2.38. The van der Waals surface area contributed by atoms with Crippen molar-refractivity contribution < 1.29 is 19.0 Å². The number of rotatable bonds is 4. The largest absolute Gasteiger partial charge is 0.493 e. The molecule has 2 aromatic carbocycles. The molecule has 21 heavy (non-hydrogen) atoms. The molecule has 0 aliphatic carbocycles. The van der Waals surface area contributed by atoms with Gasteiger partial charge in [0.15, 0.2) is 11.5 Å². The van der Waals surface area contributed by atoms with Crippen molar-refractivity contribution in [1.82, 2.24) is 0 Å². The molecular formula is C16H16ClFO3. The van der Waals surface area contributed by atoms with Crippen molar-refractivity contribution >= 4 is 11.6 Å². The van der Waals surface area contributed by atoms with E-state index in [1.807, 2.05) is 6.92 Å². The van der Waals surface area contributed by atoms with Crippen LogP contribution in [0.1, 0.15) is 22.8 Å². The van der Waals surface area contributed by atoms with Gasteiger partial charge in [-0.25, -0.2) is 4.39 Å². The van der Waals surface area contributed by atoms with Gasteiger partial charge in [-0.15, -0.1) is 0 Å². The lowest BCUT2D eigenvalue weighted by molar-refractivity contribution is 0.214. The number of methoxy groups -OCH3 is 2. The maximum absolute atomic E-state index is 13.9. The van der Waals surface area contributed by atoms with Crippen LogP contribution in [-0.4, -0.2) is 19.3 Å². The van der Waals surface area contributed by atoms with Gasteiger partial charge in [0, 0.05) is 17.2 Å². The Morgan fingerprint density at radius 2 is 1.67 bits per heavy atom. The number of halogens is 2. The van der Waals surface area contributed by atoms with E-state index in [9.17, 15) is 9.50 Å². The minimum atomic E-state index is -1.18. The second kappa shape index (κ2) is 6.33. The van der Waals surface area contributed by atoms with E-state index in [0.29, 0.717) is 17.1 Å². The van der Waals surface area contributed by atoms with Crippen molar-refractivity contribution in [2.45, 2.75) is 13.0 Å². The summed E-state index contributed by atoms with van der Waals surface area (Å²) < 4.78 is 24.2. The smallest absolute Gasteiger partial charge is 0.162 e. The van der Waals surface area contributed by atoms with Crippen LogP contribution in [-0.2, 0) is 0 Å². The molecular weight excluding hydrogens is 295 g/mol. The second-order valence-corrected chi connectivity index (χ2v) is 5.06. The van der Waals surface area contributed by atoms with E-state index < -0.39 is 11.9 Å². The number of aliphatic hydroxyl groups is 1. The zero-order valence-electron chi connectivity index (χ0n) is 12.0. The standard InChI is InChI=1S/C16H16ClFO3/c1-9-4-5-13(18)11(6-9)16(19)10-7-14(20-2)15(21-3)8-12(10)17/h4-8,16,19H,1-3H3. The number of benzene rings is 2. The maximum Gasteiger partial charge on any atom is 0.162 e. The Hall–Kier alpha value is -1.78. The minimum absolute atomic E-state index is 0.170. The molecule has 0 spiro atoms. The highest BCUT2D eigenvalue weighted by Gasteiger charge is 2.20. The molecule has 0 saturated carbocycles. The van der Waals surface area contributed by atoms with Crippen molar-refractivity contribution in [3.63, 3.8) is 0 Å². The molecule has 0 fully saturated rings. The van der Waals surface area contributed by atoms with Gasteiger partial charge in [0.05, 0.1) is 19.2 Å². The molecule has 2 aromatic rings. The second-order valence-electron chi connectivity index (χ2n) is 4.66. The summed E-state index contributed by atoms with van der Waals surface area (Å²) in [5.41, 5.74) is 1.38. The van der Waals surface area contributed by atoms with Crippen LogP contribution in [0.3, 0.4) is 0 Å². The molecule has 5 heteroatoms. The van der Waals surface area contributed by atoms with E-state index in [1.54, 1.807) is 18.2 Å². The van der Waals surface area contributed by atoms with Gasteiger partial charge in [0.25, 0.3) is 0 Å².